The number of likely N-dealkylation sites (tertiary alicyclic amines) is 1. The number of halogens is 2. The minimum atomic E-state index is -0.726. The average molecular weight is 458 g/mol. The first-order valence-corrected chi connectivity index (χ1v) is 11.6. The quantitative estimate of drug-likeness (QED) is 0.545. The molecule has 0 spiro atoms. The zero-order valence-corrected chi connectivity index (χ0v) is 18.6. The normalized spacial score (nSPS) is 15.1. The van der Waals surface area contributed by atoms with Crippen LogP contribution in [0.2, 0.25) is 0 Å². The first-order valence-electron chi connectivity index (χ1n) is 10.7. The van der Waals surface area contributed by atoms with E-state index in [2.05, 4.69) is 27.3 Å². The molecule has 1 amide bonds. The number of amides is 1. The van der Waals surface area contributed by atoms with Gasteiger partial charge in [0.25, 0.3) is 0 Å². The van der Waals surface area contributed by atoms with Crippen molar-refractivity contribution in [1.29, 1.82) is 0 Å². The van der Waals surface area contributed by atoms with Gasteiger partial charge in [0.05, 0.1) is 11.4 Å². The Morgan fingerprint density at radius 1 is 1.12 bits per heavy atom. The lowest BCUT2D eigenvalue weighted by molar-refractivity contribution is -0.119. The van der Waals surface area contributed by atoms with E-state index >= 15 is 0 Å². The molecule has 4 rings (SSSR count). The molecule has 0 radical (unpaired) electrons. The van der Waals surface area contributed by atoms with E-state index in [1.807, 2.05) is 30.3 Å². The molecule has 0 bridgehead atoms. The number of aromatic nitrogens is 3. The second-order valence-electron chi connectivity index (χ2n) is 7.67. The number of carbonyl (C=O) groups excluding carboxylic acids is 1. The van der Waals surface area contributed by atoms with E-state index in [1.165, 1.54) is 28.5 Å². The van der Waals surface area contributed by atoms with Crippen molar-refractivity contribution in [3.05, 3.63) is 60.2 Å². The van der Waals surface area contributed by atoms with Gasteiger partial charge in [-0.2, -0.15) is 0 Å². The van der Waals surface area contributed by atoms with Gasteiger partial charge < -0.3 is 10.2 Å². The van der Waals surface area contributed by atoms with Crippen LogP contribution in [0.15, 0.2) is 53.7 Å². The summed E-state index contributed by atoms with van der Waals surface area (Å²) >= 11 is 1.18. The summed E-state index contributed by atoms with van der Waals surface area (Å²) in [5.41, 5.74) is 0.868. The third kappa shape index (κ3) is 5.16. The third-order valence-electron chi connectivity index (χ3n) is 5.55. The van der Waals surface area contributed by atoms with Crippen LogP contribution in [-0.4, -0.2) is 57.0 Å². The highest BCUT2D eigenvalue weighted by Crippen LogP contribution is 2.29. The Hall–Kier alpha value is -2.78. The van der Waals surface area contributed by atoms with Crippen molar-refractivity contribution >= 4 is 17.7 Å². The zero-order valence-electron chi connectivity index (χ0n) is 17.8. The Bertz CT molecular complexity index is 1070. The predicted molar refractivity (Wildman–Crippen MR) is 121 cm³/mol. The summed E-state index contributed by atoms with van der Waals surface area (Å²) in [7, 11) is 0. The molecule has 1 aliphatic rings. The van der Waals surface area contributed by atoms with E-state index < -0.39 is 11.6 Å². The molecule has 2 aromatic carbocycles. The predicted octanol–water partition coefficient (Wildman–Crippen LogP) is 3.91. The van der Waals surface area contributed by atoms with Gasteiger partial charge in [-0.1, -0.05) is 49.0 Å². The fourth-order valence-electron chi connectivity index (χ4n) is 3.81. The number of hydrogen-bond donors (Lipinski definition) is 1. The van der Waals surface area contributed by atoms with Gasteiger partial charge in [-0.25, -0.2) is 8.78 Å². The molecule has 168 valence electrons. The number of thioether (sulfide) groups is 1. The third-order valence-corrected chi connectivity index (χ3v) is 6.48. The molecule has 1 fully saturated rings. The van der Waals surface area contributed by atoms with Crippen molar-refractivity contribution in [2.45, 2.75) is 31.0 Å². The van der Waals surface area contributed by atoms with Crippen LogP contribution in [0.4, 0.5) is 8.78 Å². The van der Waals surface area contributed by atoms with Gasteiger partial charge in [-0.3, -0.25) is 9.36 Å². The maximum absolute atomic E-state index is 14.6. The van der Waals surface area contributed by atoms with E-state index in [0.29, 0.717) is 11.0 Å². The minimum absolute atomic E-state index is 0.0969. The number of carbonyl (C=O) groups is 1. The van der Waals surface area contributed by atoms with Crippen LogP contribution in [0.25, 0.3) is 17.1 Å². The average Bonchev–Trinajstić information content (AvgIpc) is 3.22. The van der Waals surface area contributed by atoms with Crippen LogP contribution in [0, 0.1) is 11.6 Å². The Labute approximate surface area is 190 Å². The standard InChI is InChI=1S/C23H25F2N5OS/c1-2-29-12-10-18(11-13-29)26-21(31)15-32-23-28-27-22(16-6-4-3-5-7-16)30(23)20-9-8-17(24)14-19(20)25/h3-9,14,18H,2,10-13,15H2,1H3,(H,26,31). The minimum Gasteiger partial charge on any atom is -0.353 e. The Morgan fingerprint density at radius 2 is 1.88 bits per heavy atom. The van der Waals surface area contributed by atoms with Gasteiger partial charge in [0, 0.05) is 30.8 Å². The van der Waals surface area contributed by atoms with Crippen molar-refractivity contribution in [1.82, 2.24) is 25.0 Å². The number of nitrogens with zero attached hydrogens (tertiary/aromatic N) is 4. The van der Waals surface area contributed by atoms with E-state index in [1.54, 1.807) is 0 Å². The van der Waals surface area contributed by atoms with Crippen LogP contribution >= 0.6 is 11.8 Å². The van der Waals surface area contributed by atoms with Gasteiger partial charge in [-0.15, -0.1) is 10.2 Å². The lowest BCUT2D eigenvalue weighted by atomic mass is 10.1. The number of nitrogens with one attached hydrogen (secondary N) is 1. The Kier molecular flexibility index (Phi) is 7.16. The van der Waals surface area contributed by atoms with Gasteiger partial charge in [0.2, 0.25) is 5.91 Å². The molecule has 0 saturated carbocycles. The highest BCUT2D eigenvalue weighted by atomic mass is 32.2. The second kappa shape index (κ2) is 10.2. The zero-order chi connectivity index (χ0) is 22.5. The summed E-state index contributed by atoms with van der Waals surface area (Å²) in [4.78, 5) is 14.9. The molecule has 1 aromatic heterocycles. The van der Waals surface area contributed by atoms with Gasteiger partial charge in [0.1, 0.15) is 11.6 Å². The molecule has 1 aliphatic heterocycles. The van der Waals surface area contributed by atoms with Crippen molar-refractivity contribution in [2.24, 2.45) is 0 Å². The van der Waals surface area contributed by atoms with Gasteiger partial charge in [0.15, 0.2) is 11.0 Å². The molecule has 0 aliphatic carbocycles. The van der Waals surface area contributed by atoms with Crippen molar-refractivity contribution in [3.63, 3.8) is 0 Å². The lowest BCUT2D eigenvalue weighted by Gasteiger charge is -2.31. The molecule has 0 unspecified atom stereocenters. The number of rotatable bonds is 7. The molecule has 1 saturated heterocycles. The smallest absolute Gasteiger partial charge is 0.230 e. The summed E-state index contributed by atoms with van der Waals surface area (Å²) in [6, 6.07) is 12.8. The monoisotopic (exact) mass is 457 g/mol. The first-order chi connectivity index (χ1) is 15.5. The maximum atomic E-state index is 14.6. The topological polar surface area (TPSA) is 63.1 Å². The molecular formula is C23H25F2N5OS. The molecule has 6 nitrogen and oxygen atoms in total. The van der Waals surface area contributed by atoms with Crippen LogP contribution in [0.3, 0.4) is 0 Å². The Morgan fingerprint density at radius 3 is 2.56 bits per heavy atom. The summed E-state index contributed by atoms with van der Waals surface area (Å²) in [5, 5.41) is 11.9. The van der Waals surface area contributed by atoms with Gasteiger partial charge in [-0.05, 0) is 31.5 Å². The SMILES string of the molecule is CCN1CCC(NC(=O)CSc2nnc(-c3ccccc3)n2-c2ccc(F)cc2F)CC1. The van der Waals surface area contributed by atoms with E-state index in [9.17, 15) is 13.6 Å². The maximum Gasteiger partial charge on any atom is 0.230 e. The molecule has 3 aromatic rings. The molecule has 9 heteroatoms. The van der Waals surface area contributed by atoms with Crippen molar-refractivity contribution in [2.75, 3.05) is 25.4 Å². The summed E-state index contributed by atoms with van der Waals surface area (Å²) in [6.07, 6.45) is 1.86. The lowest BCUT2D eigenvalue weighted by Crippen LogP contribution is -2.45. The summed E-state index contributed by atoms with van der Waals surface area (Å²) in [5.74, 6) is -0.936. The van der Waals surface area contributed by atoms with Gasteiger partial charge >= 0.3 is 0 Å². The second-order valence-corrected chi connectivity index (χ2v) is 8.61. The fourth-order valence-corrected chi connectivity index (χ4v) is 4.57. The first kappa shape index (κ1) is 22.4. The summed E-state index contributed by atoms with van der Waals surface area (Å²) < 4.78 is 29.7. The molecule has 0 atom stereocenters. The molecule has 2 heterocycles. The van der Waals surface area contributed by atoms with E-state index in [-0.39, 0.29) is 23.4 Å². The molecular weight excluding hydrogens is 432 g/mol. The number of hydrogen-bond acceptors (Lipinski definition) is 5. The highest BCUT2D eigenvalue weighted by Gasteiger charge is 2.22. The van der Waals surface area contributed by atoms with Crippen molar-refractivity contribution in [3.8, 4) is 17.1 Å². The van der Waals surface area contributed by atoms with Crippen LogP contribution in [0.5, 0.6) is 0 Å². The van der Waals surface area contributed by atoms with E-state index in [4.69, 9.17) is 0 Å². The number of benzene rings is 2. The van der Waals surface area contributed by atoms with Crippen LogP contribution in [-0.2, 0) is 4.79 Å². The molecule has 32 heavy (non-hydrogen) atoms. The van der Waals surface area contributed by atoms with E-state index in [0.717, 1.165) is 44.1 Å². The van der Waals surface area contributed by atoms with Crippen molar-refractivity contribution < 1.29 is 13.6 Å². The largest absolute Gasteiger partial charge is 0.353 e. The number of piperidine rings is 1. The highest BCUT2D eigenvalue weighted by molar-refractivity contribution is 7.99. The van der Waals surface area contributed by atoms with Crippen LogP contribution < -0.4 is 5.32 Å². The Balaban J connectivity index is 1.52. The fraction of sp³-hybridized carbons (Fsp3) is 0.348. The molecule has 1 N–H and O–H groups in total. The van der Waals surface area contributed by atoms with Crippen LogP contribution in [0.1, 0.15) is 19.8 Å². The summed E-state index contributed by atoms with van der Waals surface area (Å²) in [6.45, 7) is 5.12.